The molecule has 0 N–H and O–H groups in total. The van der Waals surface area contributed by atoms with Gasteiger partial charge in [0.25, 0.3) is 0 Å². The number of hydrogen-bond acceptors (Lipinski definition) is 2. The zero-order chi connectivity index (χ0) is 10.4. The Morgan fingerprint density at radius 2 is 1.79 bits per heavy atom. The molecule has 3 heteroatoms. The first kappa shape index (κ1) is 11.6. The van der Waals surface area contributed by atoms with Gasteiger partial charge in [0.2, 0.25) is 0 Å². The van der Waals surface area contributed by atoms with Gasteiger partial charge in [-0.05, 0) is 30.2 Å². The lowest BCUT2D eigenvalue weighted by molar-refractivity contribution is 0.274. The predicted molar refractivity (Wildman–Crippen MR) is 66.5 cm³/mol. The van der Waals surface area contributed by atoms with Gasteiger partial charge in [-0.2, -0.15) is 0 Å². The van der Waals surface area contributed by atoms with Crippen LogP contribution in [-0.4, -0.2) is 18.1 Å². The highest BCUT2D eigenvalue weighted by molar-refractivity contribution is 14.1. The highest BCUT2D eigenvalue weighted by atomic mass is 127. The molecule has 0 aromatic heterocycles. The van der Waals surface area contributed by atoms with E-state index in [1.54, 1.807) is 7.11 Å². The Labute approximate surface area is 98.7 Å². The second-order valence-electron chi connectivity index (χ2n) is 3.25. The molecule has 1 aromatic carbocycles. The maximum Gasteiger partial charge on any atom is 0.119 e. The molecule has 0 aliphatic carbocycles. The van der Waals surface area contributed by atoms with Gasteiger partial charge in [-0.15, -0.1) is 0 Å². The first-order valence-corrected chi connectivity index (χ1v) is 6.11. The summed E-state index contributed by atoms with van der Waals surface area (Å²) in [5, 5.41) is 0. The minimum atomic E-state index is 0.595. The Morgan fingerprint density at radius 3 is 2.29 bits per heavy atom. The molecule has 2 nitrogen and oxygen atoms in total. The van der Waals surface area contributed by atoms with Crippen molar-refractivity contribution in [2.24, 2.45) is 5.92 Å². The van der Waals surface area contributed by atoms with E-state index < -0.39 is 0 Å². The van der Waals surface area contributed by atoms with Crippen molar-refractivity contribution in [1.82, 2.24) is 0 Å². The highest BCUT2D eigenvalue weighted by Gasteiger charge is 2.00. The lowest BCUT2D eigenvalue weighted by Gasteiger charge is -2.10. The topological polar surface area (TPSA) is 18.5 Å². The van der Waals surface area contributed by atoms with E-state index in [4.69, 9.17) is 9.47 Å². The van der Waals surface area contributed by atoms with Gasteiger partial charge in [0.05, 0.1) is 13.7 Å². The van der Waals surface area contributed by atoms with Crippen molar-refractivity contribution >= 4 is 22.6 Å². The van der Waals surface area contributed by atoms with Gasteiger partial charge >= 0.3 is 0 Å². The molecule has 0 amide bonds. The average Bonchev–Trinajstić information content (AvgIpc) is 2.26. The standard InChI is InChI=1S/C11H15IO2/c1-9(7-12)8-14-11-5-3-10(13-2)4-6-11/h3-6,9H,7-8H2,1-2H3/t9-/m0/s1. The summed E-state index contributed by atoms with van der Waals surface area (Å²) in [6, 6.07) is 7.67. The Hall–Kier alpha value is -0.450. The van der Waals surface area contributed by atoms with Gasteiger partial charge in [0.1, 0.15) is 11.5 Å². The summed E-state index contributed by atoms with van der Waals surface area (Å²) < 4.78 is 11.8. The van der Waals surface area contributed by atoms with E-state index in [-0.39, 0.29) is 0 Å². The molecule has 1 rings (SSSR count). The van der Waals surface area contributed by atoms with E-state index in [0.717, 1.165) is 22.5 Å². The zero-order valence-corrected chi connectivity index (χ0v) is 10.7. The van der Waals surface area contributed by atoms with Gasteiger partial charge in [-0.25, -0.2) is 0 Å². The third-order valence-corrected chi connectivity index (χ3v) is 3.36. The number of methoxy groups -OCH3 is 1. The molecule has 0 bridgehead atoms. The maximum absolute atomic E-state index is 5.60. The third-order valence-electron chi connectivity index (χ3n) is 1.86. The average molecular weight is 306 g/mol. The second-order valence-corrected chi connectivity index (χ2v) is 4.13. The lowest BCUT2D eigenvalue weighted by atomic mass is 10.2. The molecule has 1 atom stereocenters. The Bertz CT molecular complexity index is 258. The number of rotatable bonds is 5. The Kier molecular flexibility index (Phi) is 5.07. The van der Waals surface area contributed by atoms with Crippen LogP contribution in [0.15, 0.2) is 24.3 Å². The second kappa shape index (κ2) is 6.11. The molecule has 0 saturated carbocycles. The van der Waals surface area contributed by atoms with E-state index >= 15 is 0 Å². The van der Waals surface area contributed by atoms with Crippen LogP contribution in [0.2, 0.25) is 0 Å². The van der Waals surface area contributed by atoms with E-state index in [1.165, 1.54) is 0 Å². The first-order chi connectivity index (χ1) is 6.76. The first-order valence-electron chi connectivity index (χ1n) is 4.59. The molecule has 0 spiro atoms. The quantitative estimate of drug-likeness (QED) is 0.614. The van der Waals surface area contributed by atoms with Crippen LogP contribution in [-0.2, 0) is 0 Å². The molecule has 78 valence electrons. The summed E-state index contributed by atoms with van der Waals surface area (Å²) in [7, 11) is 1.66. The monoisotopic (exact) mass is 306 g/mol. The summed E-state index contributed by atoms with van der Waals surface area (Å²) in [5.74, 6) is 2.36. The van der Waals surface area contributed by atoms with Gasteiger partial charge in [-0.3, -0.25) is 0 Å². The molecule has 0 unspecified atom stereocenters. The van der Waals surface area contributed by atoms with Gasteiger partial charge in [0, 0.05) is 4.43 Å². The van der Waals surface area contributed by atoms with Crippen molar-refractivity contribution in [2.75, 3.05) is 18.1 Å². The van der Waals surface area contributed by atoms with Crippen molar-refractivity contribution in [3.63, 3.8) is 0 Å². The smallest absolute Gasteiger partial charge is 0.119 e. The molecule has 0 fully saturated rings. The Balaban J connectivity index is 2.43. The summed E-state index contributed by atoms with van der Waals surface area (Å²) in [4.78, 5) is 0. The summed E-state index contributed by atoms with van der Waals surface area (Å²) in [6.45, 7) is 2.95. The molecule has 1 aromatic rings. The summed E-state index contributed by atoms with van der Waals surface area (Å²) in [5.41, 5.74) is 0. The fourth-order valence-electron chi connectivity index (χ4n) is 0.955. The fraction of sp³-hybridized carbons (Fsp3) is 0.455. The van der Waals surface area contributed by atoms with Gasteiger partial charge in [-0.1, -0.05) is 29.5 Å². The molecule has 0 aliphatic rings. The van der Waals surface area contributed by atoms with Gasteiger partial charge in [0.15, 0.2) is 0 Å². The van der Waals surface area contributed by atoms with Crippen LogP contribution in [0.25, 0.3) is 0 Å². The third kappa shape index (κ3) is 3.74. The molecule has 0 heterocycles. The van der Waals surface area contributed by atoms with E-state index in [0.29, 0.717) is 5.92 Å². The van der Waals surface area contributed by atoms with Crippen LogP contribution in [0, 0.1) is 5.92 Å². The van der Waals surface area contributed by atoms with Crippen molar-refractivity contribution < 1.29 is 9.47 Å². The minimum absolute atomic E-state index is 0.595. The Morgan fingerprint density at radius 1 is 1.21 bits per heavy atom. The molecule has 0 aliphatic heterocycles. The normalized spacial score (nSPS) is 12.2. The molecule has 0 radical (unpaired) electrons. The fourth-order valence-corrected chi connectivity index (χ4v) is 1.21. The molecule has 0 saturated heterocycles. The van der Waals surface area contributed by atoms with Crippen LogP contribution in [0.1, 0.15) is 6.92 Å². The van der Waals surface area contributed by atoms with Crippen LogP contribution in [0.3, 0.4) is 0 Å². The molecule has 14 heavy (non-hydrogen) atoms. The van der Waals surface area contributed by atoms with Crippen LogP contribution >= 0.6 is 22.6 Å². The van der Waals surface area contributed by atoms with E-state index in [2.05, 4.69) is 29.5 Å². The van der Waals surface area contributed by atoms with Crippen LogP contribution in [0.4, 0.5) is 0 Å². The van der Waals surface area contributed by atoms with E-state index in [1.807, 2.05) is 24.3 Å². The lowest BCUT2D eigenvalue weighted by Crippen LogP contribution is -2.09. The highest BCUT2D eigenvalue weighted by Crippen LogP contribution is 2.17. The number of halogens is 1. The SMILES string of the molecule is COc1ccc(OC[C@@H](C)CI)cc1. The largest absolute Gasteiger partial charge is 0.497 e. The van der Waals surface area contributed by atoms with Crippen molar-refractivity contribution in [3.8, 4) is 11.5 Å². The number of ether oxygens (including phenoxy) is 2. The zero-order valence-electron chi connectivity index (χ0n) is 8.50. The van der Waals surface area contributed by atoms with Crippen LogP contribution < -0.4 is 9.47 Å². The minimum Gasteiger partial charge on any atom is -0.497 e. The number of benzene rings is 1. The van der Waals surface area contributed by atoms with Crippen molar-refractivity contribution in [1.29, 1.82) is 0 Å². The van der Waals surface area contributed by atoms with Crippen LogP contribution in [0.5, 0.6) is 11.5 Å². The van der Waals surface area contributed by atoms with Crippen molar-refractivity contribution in [2.45, 2.75) is 6.92 Å². The number of hydrogen-bond donors (Lipinski definition) is 0. The summed E-state index contributed by atoms with van der Waals surface area (Å²) >= 11 is 2.37. The molecular formula is C11H15IO2. The predicted octanol–water partition coefficient (Wildman–Crippen LogP) is 3.15. The van der Waals surface area contributed by atoms with Crippen molar-refractivity contribution in [3.05, 3.63) is 24.3 Å². The summed E-state index contributed by atoms with van der Waals surface area (Å²) in [6.07, 6.45) is 0. The number of alkyl halides is 1. The van der Waals surface area contributed by atoms with Gasteiger partial charge < -0.3 is 9.47 Å². The maximum atomic E-state index is 5.60. The van der Waals surface area contributed by atoms with E-state index in [9.17, 15) is 0 Å². The molecular weight excluding hydrogens is 291 g/mol.